The molecule has 0 atom stereocenters. The van der Waals surface area contributed by atoms with Gasteiger partial charge in [-0.05, 0) is 23.8 Å². The maximum atomic E-state index is 11.4. The van der Waals surface area contributed by atoms with Crippen LogP contribution < -0.4 is 5.73 Å². The highest BCUT2D eigenvalue weighted by Gasteiger charge is 2.10. The molecule has 0 aliphatic carbocycles. The predicted molar refractivity (Wildman–Crippen MR) is 83.8 cm³/mol. The fourth-order valence-corrected chi connectivity index (χ4v) is 2.56. The summed E-state index contributed by atoms with van der Waals surface area (Å²) < 4.78 is 6.61. The van der Waals surface area contributed by atoms with Crippen molar-refractivity contribution in [2.45, 2.75) is 6.54 Å². The lowest BCUT2D eigenvalue weighted by Gasteiger charge is -2.07. The first kappa shape index (κ1) is 14.3. The molecule has 0 amide bonds. The van der Waals surface area contributed by atoms with E-state index < -0.39 is 0 Å². The number of nitrogens with two attached hydrogens (primary N) is 1. The zero-order valence-corrected chi connectivity index (χ0v) is 12.5. The minimum atomic E-state index is -0.357. The summed E-state index contributed by atoms with van der Waals surface area (Å²) in [6.07, 6.45) is 1.87. The summed E-state index contributed by atoms with van der Waals surface area (Å²) in [5, 5.41) is 0.318. The molecule has 2 heterocycles. The second-order valence-electron chi connectivity index (χ2n) is 4.74. The summed E-state index contributed by atoms with van der Waals surface area (Å²) in [6, 6.07) is 9.02. The monoisotopic (exact) mass is 316 g/mol. The largest absolute Gasteiger partial charge is 0.465 e. The third-order valence-electron chi connectivity index (χ3n) is 3.31. The molecule has 2 aromatic heterocycles. The second kappa shape index (κ2) is 5.65. The van der Waals surface area contributed by atoms with Gasteiger partial charge in [0.15, 0.2) is 5.15 Å². The summed E-state index contributed by atoms with van der Waals surface area (Å²) in [6.45, 7) is 0.581. The summed E-state index contributed by atoms with van der Waals surface area (Å²) in [7, 11) is 1.36. The normalized spacial score (nSPS) is 10.8. The van der Waals surface area contributed by atoms with Crippen LogP contribution in [0.25, 0.3) is 11.0 Å². The molecular formula is C15H13ClN4O2. The van der Waals surface area contributed by atoms with Gasteiger partial charge in [0.1, 0.15) is 5.52 Å². The average molecular weight is 317 g/mol. The highest BCUT2D eigenvalue weighted by Crippen LogP contribution is 2.23. The van der Waals surface area contributed by atoms with Crippen LogP contribution in [0.15, 0.2) is 36.5 Å². The quantitative estimate of drug-likeness (QED) is 0.593. The first-order valence-electron chi connectivity index (χ1n) is 6.53. The van der Waals surface area contributed by atoms with Gasteiger partial charge in [-0.1, -0.05) is 23.7 Å². The van der Waals surface area contributed by atoms with Gasteiger partial charge in [-0.3, -0.25) is 0 Å². The number of nitrogens with zero attached hydrogens (tertiary/aromatic N) is 3. The molecule has 0 unspecified atom stereocenters. The number of aromatic nitrogens is 3. The van der Waals surface area contributed by atoms with E-state index in [1.54, 1.807) is 12.1 Å². The maximum absolute atomic E-state index is 11.4. The molecule has 0 bridgehead atoms. The third-order valence-corrected chi connectivity index (χ3v) is 3.58. The maximum Gasteiger partial charge on any atom is 0.337 e. The standard InChI is InChI=1S/C15H13ClN4O2/c1-22-14(21)10-4-2-9(3-5-10)8-20-7-6-11-12(20)13(16)19-15(17)18-11/h2-7H,8H2,1H3,(H2,17,18,19). The van der Waals surface area contributed by atoms with E-state index in [1.807, 2.05) is 29.0 Å². The highest BCUT2D eigenvalue weighted by molar-refractivity contribution is 6.33. The zero-order valence-electron chi connectivity index (χ0n) is 11.8. The fourth-order valence-electron chi connectivity index (χ4n) is 2.27. The van der Waals surface area contributed by atoms with E-state index >= 15 is 0 Å². The van der Waals surface area contributed by atoms with Crippen LogP contribution in [0, 0.1) is 0 Å². The Hall–Kier alpha value is -2.60. The Kier molecular flexibility index (Phi) is 3.68. The number of carbonyl (C=O) groups is 1. The van der Waals surface area contributed by atoms with E-state index in [2.05, 4.69) is 14.7 Å². The van der Waals surface area contributed by atoms with Crippen LogP contribution in [-0.2, 0) is 11.3 Å². The van der Waals surface area contributed by atoms with Crippen LogP contribution in [-0.4, -0.2) is 27.6 Å². The van der Waals surface area contributed by atoms with Crippen LogP contribution in [0.5, 0.6) is 0 Å². The first-order valence-corrected chi connectivity index (χ1v) is 6.91. The Bertz CT molecular complexity index is 843. The number of rotatable bonds is 3. The molecule has 0 spiro atoms. The number of carbonyl (C=O) groups excluding carboxylic acids is 1. The first-order chi connectivity index (χ1) is 10.6. The lowest BCUT2D eigenvalue weighted by Crippen LogP contribution is -2.03. The number of anilines is 1. The van der Waals surface area contributed by atoms with Crippen molar-refractivity contribution < 1.29 is 9.53 Å². The SMILES string of the molecule is COC(=O)c1ccc(Cn2ccc3nc(N)nc(Cl)c32)cc1. The fraction of sp³-hybridized carbons (Fsp3) is 0.133. The minimum Gasteiger partial charge on any atom is -0.465 e. The van der Waals surface area contributed by atoms with E-state index in [1.165, 1.54) is 7.11 Å². The number of fused-ring (bicyclic) bond motifs is 1. The topological polar surface area (TPSA) is 83.0 Å². The molecule has 3 aromatic rings. The summed E-state index contributed by atoms with van der Waals surface area (Å²) in [5.74, 6) is -0.206. The zero-order chi connectivity index (χ0) is 15.7. The average Bonchev–Trinajstić information content (AvgIpc) is 2.90. The van der Waals surface area contributed by atoms with Crippen molar-refractivity contribution in [1.82, 2.24) is 14.5 Å². The number of halogens is 1. The van der Waals surface area contributed by atoms with Crippen LogP contribution in [0.1, 0.15) is 15.9 Å². The lowest BCUT2D eigenvalue weighted by atomic mass is 10.1. The highest BCUT2D eigenvalue weighted by atomic mass is 35.5. The summed E-state index contributed by atoms with van der Waals surface area (Å²) >= 11 is 6.15. The van der Waals surface area contributed by atoms with Gasteiger partial charge in [0.05, 0.1) is 18.2 Å². The van der Waals surface area contributed by atoms with Gasteiger partial charge in [0.25, 0.3) is 0 Å². The Morgan fingerprint density at radius 1 is 1.27 bits per heavy atom. The molecule has 0 saturated heterocycles. The number of hydrogen-bond donors (Lipinski definition) is 1. The number of esters is 1. The van der Waals surface area contributed by atoms with Crippen LogP contribution in [0.4, 0.5) is 5.95 Å². The molecule has 0 aliphatic heterocycles. The van der Waals surface area contributed by atoms with Crippen molar-refractivity contribution in [1.29, 1.82) is 0 Å². The second-order valence-corrected chi connectivity index (χ2v) is 5.10. The van der Waals surface area contributed by atoms with Gasteiger partial charge in [-0.2, -0.15) is 4.98 Å². The van der Waals surface area contributed by atoms with E-state index in [-0.39, 0.29) is 11.9 Å². The number of benzene rings is 1. The van der Waals surface area contributed by atoms with Gasteiger partial charge in [-0.15, -0.1) is 0 Å². The lowest BCUT2D eigenvalue weighted by molar-refractivity contribution is 0.0600. The molecule has 22 heavy (non-hydrogen) atoms. The van der Waals surface area contributed by atoms with Gasteiger partial charge in [0, 0.05) is 12.7 Å². The molecule has 7 heteroatoms. The molecule has 0 fully saturated rings. The molecule has 0 radical (unpaired) electrons. The third kappa shape index (κ3) is 2.60. The molecule has 6 nitrogen and oxygen atoms in total. The van der Waals surface area contributed by atoms with Crippen LogP contribution in [0.3, 0.4) is 0 Å². The van der Waals surface area contributed by atoms with Crippen molar-refractivity contribution in [3.05, 3.63) is 52.8 Å². The van der Waals surface area contributed by atoms with Crippen LogP contribution >= 0.6 is 11.6 Å². The number of nitrogen functional groups attached to an aromatic ring is 1. The van der Waals surface area contributed by atoms with Crippen molar-refractivity contribution in [3.63, 3.8) is 0 Å². The van der Waals surface area contributed by atoms with E-state index in [0.29, 0.717) is 22.8 Å². The van der Waals surface area contributed by atoms with Gasteiger partial charge in [0.2, 0.25) is 5.95 Å². The molecule has 1 aromatic carbocycles. The predicted octanol–water partition coefficient (Wildman–Crippen LogP) is 2.50. The Morgan fingerprint density at radius 3 is 2.68 bits per heavy atom. The summed E-state index contributed by atoms with van der Waals surface area (Å²) in [5.41, 5.74) is 8.54. The Morgan fingerprint density at radius 2 is 2.00 bits per heavy atom. The van der Waals surface area contributed by atoms with Crippen molar-refractivity contribution in [3.8, 4) is 0 Å². The smallest absolute Gasteiger partial charge is 0.337 e. The molecule has 112 valence electrons. The minimum absolute atomic E-state index is 0.151. The molecule has 3 rings (SSSR count). The molecule has 2 N–H and O–H groups in total. The van der Waals surface area contributed by atoms with E-state index in [9.17, 15) is 4.79 Å². The van der Waals surface area contributed by atoms with Gasteiger partial charge < -0.3 is 15.0 Å². The molecule has 0 aliphatic rings. The number of methoxy groups -OCH3 is 1. The summed E-state index contributed by atoms with van der Waals surface area (Å²) in [4.78, 5) is 19.5. The van der Waals surface area contributed by atoms with Crippen molar-refractivity contribution in [2.24, 2.45) is 0 Å². The number of ether oxygens (including phenoxy) is 1. The Labute approximate surface area is 131 Å². The van der Waals surface area contributed by atoms with Crippen molar-refractivity contribution >= 4 is 34.6 Å². The van der Waals surface area contributed by atoms with Gasteiger partial charge >= 0.3 is 5.97 Å². The van der Waals surface area contributed by atoms with E-state index in [4.69, 9.17) is 17.3 Å². The Balaban J connectivity index is 1.92. The van der Waals surface area contributed by atoms with E-state index in [0.717, 1.165) is 11.1 Å². The molecule has 0 saturated carbocycles. The van der Waals surface area contributed by atoms with Gasteiger partial charge in [-0.25, -0.2) is 9.78 Å². The van der Waals surface area contributed by atoms with Crippen molar-refractivity contribution in [2.75, 3.05) is 12.8 Å². The number of hydrogen-bond acceptors (Lipinski definition) is 5. The molecular weight excluding hydrogens is 304 g/mol. The van der Waals surface area contributed by atoms with Crippen LogP contribution in [0.2, 0.25) is 5.15 Å².